The molecule has 0 fully saturated rings. The largest absolute Gasteiger partial charge is 0.365 e. The summed E-state index contributed by atoms with van der Waals surface area (Å²) in [5.74, 6) is -0.260. The highest BCUT2D eigenvalue weighted by Gasteiger charge is 2.13. The van der Waals surface area contributed by atoms with Crippen molar-refractivity contribution < 1.29 is 14.6 Å². The number of aliphatic hydroxyl groups excluding tert-OH is 1. The Morgan fingerprint density at radius 2 is 1.39 bits per heavy atom. The second-order valence-corrected chi connectivity index (χ2v) is 6.47. The fourth-order valence-electron chi connectivity index (χ4n) is 3.25. The van der Waals surface area contributed by atoms with Crippen LogP contribution in [0.5, 0.6) is 0 Å². The van der Waals surface area contributed by atoms with Crippen LogP contribution < -0.4 is 0 Å². The molecule has 0 aliphatic heterocycles. The average Bonchev–Trinajstić information content (AvgIpc) is 2.72. The fourth-order valence-corrected chi connectivity index (χ4v) is 3.25. The lowest BCUT2D eigenvalue weighted by molar-refractivity contribution is 0.00303. The van der Waals surface area contributed by atoms with Crippen molar-refractivity contribution in [3.05, 3.63) is 113 Å². The summed E-state index contributed by atoms with van der Waals surface area (Å²) in [5.41, 5.74) is 6.22. The predicted octanol–water partition coefficient (Wildman–Crippen LogP) is 5.52. The van der Waals surface area contributed by atoms with E-state index in [1.807, 2.05) is 42.5 Å². The third-order valence-corrected chi connectivity index (χ3v) is 4.57. The van der Waals surface area contributed by atoms with Crippen LogP contribution in [0.25, 0.3) is 17.2 Å². The van der Waals surface area contributed by atoms with Gasteiger partial charge in [0, 0.05) is 0 Å². The van der Waals surface area contributed by atoms with Gasteiger partial charge in [-0.15, -0.1) is 0 Å². The van der Waals surface area contributed by atoms with Crippen molar-refractivity contribution >= 4 is 17.2 Å². The van der Waals surface area contributed by atoms with Crippen LogP contribution in [-0.4, -0.2) is 16.5 Å². The fraction of sp³-hybridized carbons (Fsp3) is 0.120. The molecule has 3 rings (SSSR count). The minimum Gasteiger partial charge on any atom is -0.365 e. The molecule has 0 amide bonds. The number of hydrogen-bond donors (Lipinski definition) is 2. The number of aliphatic hydroxyl groups is 2. The van der Waals surface area contributed by atoms with E-state index < -0.39 is 6.29 Å². The van der Waals surface area contributed by atoms with Crippen molar-refractivity contribution in [3.63, 3.8) is 0 Å². The van der Waals surface area contributed by atoms with Crippen molar-refractivity contribution in [2.75, 3.05) is 0 Å². The van der Waals surface area contributed by atoms with Crippen LogP contribution in [-0.2, 0) is 0 Å². The van der Waals surface area contributed by atoms with E-state index in [2.05, 4.69) is 19.1 Å². The maximum absolute atomic E-state index is 13.5. The SMILES string of the molecule is CC/C(=C(\c1ccc(F)cc1)c1ccc(/C=C/C(O)O)cc1)c1ccccc1. The van der Waals surface area contributed by atoms with E-state index in [-0.39, 0.29) is 5.82 Å². The van der Waals surface area contributed by atoms with Gasteiger partial charge in [-0.3, -0.25) is 0 Å². The van der Waals surface area contributed by atoms with Crippen LogP contribution in [0.3, 0.4) is 0 Å². The molecular weight excluding hydrogens is 351 g/mol. The quantitative estimate of drug-likeness (QED) is 0.441. The van der Waals surface area contributed by atoms with Crippen LogP contribution in [0.4, 0.5) is 4.39 Å². The summed E-state index contributed by atoms with van der Waals surface area (Å²) in [7, 11) is 0. The third-order valence-electron chi connectivity index (χ3n) is 4.57. The van der Waals surface area contributed by atoms with Crippen LogP contribution in [0.1, 0.15) is 35.6 Å². The minimum atomic E-state index is -1.47. The normalized spacial score (nSPS) is 12.5. The molecule has 0 saturated carbocycles. The first kappa shape index (κ1) is 19.7. The van der Waals surface area contributed by atoms with Gasteiger partial charge in [0.1, 0.15) is 5.82 Å². The van der Waals surface area contributed by atoms with Gasteiger partial charge in [-0.1, -0.05) is 79.7 Å². The lowest BCUT2D eigenvalue weighted by Gasteiger charge is -2.16. The molecule has 0 atom stereocenters. The number of benzene rings is 3. The average molecular weight is 374 g/mol. The number of rotatable bonds is 6. The van der Waals surface area contributed by atoms with Crippen LogP contribution in [0, 0.1) is 5.82 Å². The second kappa shape index (κ2) is 9.27. The molecule has 2 N–H and O–H groups in total. The number of allylic oxidation sites excluding steroid dienone is 1. The van der Waals surface area contributed by atoms with Gasteiger partial charge in [-0.25, -0.2) is 4.39 Å². The molecule has 0 aliphatic rings. The zero-order chi connectivity index (χ0) is 19.9. The van der Waals surface area contributed by atoms with Gasteiger partial charge in [-0.2, -0.15) is 0 Å². The molecular formula is C25H23FO2. The third kappa shape index (κ3) is 4.83. The van der Waals surface area contributed by atoms with Crippen molar-refractivity contribution in [3.8, 4) is 0 Å². The molecule has 3 aromatic rings. The Kier molecular flexibility index (Phi) is 6.53. The van der Waals surface area contributed by atoms with Crippen LogP contribution in [0.15, 0.2) is 84.9 Å². The Labute approximate surface area is 164 Å². The van der Waals surface area contributed by atoms with E-state index in [9.17, 15) is 4.39 Å². The summed E-state index contributed by atoms with van der Waals surface area (Å²) in [6, 6.07) is 24.6. The molecule has 28 heavy (non-hydrogen) atoms. The van der Waals surface area contributed by atoms with E-state index in [0.29, 0.717) is 0 Å². The Morgan fingerprint density at radius 3 is 1.93 bits per heavy atom. The van der Waals surface area contributed by atoms with Crippen molar-refractivity contribution in [1.29, 1.82) is 0 Å². The van der Waals surface area contributed by atoms with Gasteiger partial charge in [0.15, 0.2) is 6.29 Å². The molecule has 3 heteroatoms. The summed E-state index contributed by atoms with van der Waals surface area (Å²) in [6.45, 7) is 2.12. The first-order chi connectivity index (χ1) is 13.6. The van der Waals surface area contributed by atoms with E-state index >= 15 is 0 Å². The molecule has 0 aliphatic carbocycles. The maximum Gasteiger partial charge on any atom is 0.171 e. The Balaban J connectivity index is 2.14. The molecule has 0 radical (unpaired) electrons. The Morgan fingerprint density at radius 1 is 0.821 bits per heavy atom. The molecule has 0 saturated heterocycles. The van der Waals surface area contributed by atoms with E-state index in [1.165, 1.54) is 23.8 Å². The highest BCUT2D eigenvalue weighted by molar-refractivity contribution is 5.98. The second-order valence-electron chi connectivity index (χ2n) is 6.47. The molecule has 142 valence electrons. The van der Waals surface area contributed by atoms with Gasteiger partial charge >= 0.3 is 0 Å². The number of halogens is 1. The molecule has 0 spiro atoms. The molecule has 0 heterocycles. The van der Waals surface area contributed by atoms with Gasteiger partial charge in [0.2, 0.25) is 0 Å². The topological polar surface area (TPSA) is 40.5 Å². The highest BCUT2D eigenvalue weighted by atomic mass is 19.1. The molecule has 0 aromatic heterocycles. The van der Waals surface area contributed by atoms with Crippen molar-refractivity contribution in [2.45, 2.75) is 19.6 Å². The van der Waals surface area contributed by atoms with Crippen molar-refractivity contribution in [1.82, 2.24) is 0 Å². The summed E-state index contributed by atoms with van der Waals surface area (Å²) in [5, 5.41) is 18.0. The summed E-state index contributed by atoms with van der Waals surface area (Å²) in [4.78, 5) is 0. The monoisotopic (exact) mass is 374 g/mol. The van der Waals surface area contributed by atoms with Crippen LogP contribution in [0.2, 0.25) is 0 Å². The van der Waals surface area contributed by atoms with Crippen LogP contribution >= 0.6 is 0 Å². The predicted molar refractivity (Wildman–Crippen MR) is 113 cm³/mol. The summed E-state index contributed by atoms with van der Waals surface area (Å²) in [6.07, 6.45) is 2.33. The lowest BCUT2D eigenvalue weighted by Crippen LogP contribution is -1.97. The van der Waals surface area contributed by atoms with E-state index in [4.69, 9.17) is 10.2 Å². The maximum atomic E-state index is 13.5. The minimum absolute atomic E-state index is 0.260. The van der Waals surface area contributed by atoms with Gasteiger partial charge < -0.3 is 10.2 Å². The molecule has 0 bridgehead atoms. The van der Waals surface area contributed by atoms with Gasteiger partial charge in [0.25, 0.3) is 0 Å². The van der Waals surface area contributed by atoms with Gasteiger partial charge in [-0.05, 0) is 58.0 Å². The van der Waals surface area contributed by atoms with E-state index in [0.717, 1.165) is 34.2 Å². The molecule has 3 aromatic carbocycles. The first-order valence-electron chi connectivity index (χ1n) is 9.27. The lowest BCUT2D eigenvalue weighted by atomic mass is 9.88. The molecule has 2 nitrogen and oxygen atoms in total. The Bertz CT molecular complexity index is 954. The number of hydrogen-bond acceptors (Lipinski definition) is 2. The summed E-state index contributed by atoms with van der Waals surface area (Å²) < 4.78 is 13.5. The standard InChI is InChI=1S/C25H23FO2/c1-2-23(19-6-4-3-5-7-19)25(21-13-15-22(26)16-14-21)20-11-8-18(9-12-20)10-17-24(27)28/h3-17,24,27-28H,2H2,1H3/b17-10+,25-23+. The Hall–Kier alpha value is -3.01. The zero-order valence-corrected chi connectivity index (χ0v) is 15.7. The zero-order valence-electron chi connectivity index (χ0n) is 15.7. The van der Waals surface area contributed by atoms with Crippen molar-refractivity contribution in [2.24, 2.45) is 0 Å². The highest BCUT2D eigenvalue weighted by Crippen LogP contribution is 2.34. The first-order valence-corrected chi connectivity index (χ1v) is 9.27. The summed E-state index contributed by atoms with van der Waals surface area (Å²) >= 11 is 0. The smallest absolute Gasteiger partial charge is 0.171 e. The molecule has 0 unspecified atom stereocenters. The van der Waals surface area contributed by atoms with E-state index in [1.54, 1.807) is 18.2 Å². The van der Waals surface area contributed by atoms with Gasteiger partial charge in [0.05, 0.1) is 0 Å².